The fourth-order valence-electron chi connectivity index (χ4n) is 1.77. The highest BCUT2D eigenvalue weighted by Crippen LogP contribution is 2.26. The molecule has 0 radical (unpaired) electrons. The van der Waals surface area contributed by atoms with Gasteiger partial charge in [0, 0.05) is 37.7 Å². The zero-order valence-corrected chi connectivity index (χ0v) is 15.4. The van der Waals surface area contributed by atoms with E-state index in [2.05, 4.69) is 54.2 Å². The average Bonchev–Trinajstić information content (AvgIpc) is 2.35. The molecule has 0 aliphatic rings. The molecule has 0 aromatic heterocycles. The van der Waals surface area contributed by atoms with Crippen molar-refractivity contribution in [3.05, 3.63) is 28.2 Å². The number of halogens is 1. The maximum atomic E-state index is 11.8. The predicted octanol–water partition coefficient (Wildman–Crippen LogP) is 2.86. The van der Waals surface area contributed by atoms with Gasteiger partial charge < -0.3 is 15.1 Å². The van der Waals surface area contributed by atoms with E-state index in [-0.39, 0.29) is 11.4 Å². The first-order valence-corrected chi connectivity index (χ1v) is 7.84. The highest BCUT2D eigenvalue weighted by atomic mass is 79.9. The van der Waals surface area contributed by atoms with Crippen LogP contribution >= 0.6 is 15.9 Å². The molecule has 1 aromatic rings. The minimum Gasteiger partial charge on any atom is -0.364 e. The van der Waals surface area contributed by atoms with Crippen molar-refractivity contribution in [2.24, 2.45) is 0 Å². The van der Waals surface area contributed by atoms with E-state index in [0.29, 0.717) is 6.54 Å². The van der Waals surface area contributed by atoms with Gasteiger partial charge in [0.05, 0.1) is 12.2 Å². The molecule has 118 valence electrons. The average molecular weight is 356 g/mol. The standard InChI is InChI=1S/C16H26BrN3O/c1-16(2,3)18-10-12-7-8-14(13(17)9-12)20(6)11-15(21)19(4)5/h7-9,18H,10-11H2,1-6H3. The monoisotopic (exact) mass is 355 g/mol. The third-order valence-corrected chi connectivity index (χ3v) is 3.75. The summed E-state index contributed by atoms with van der Waals surface area (Å²) < 4.78 is 1.00. The molecule has 1 amide bonds. The summed E-state index contributed by atoms with van der Waals surface area (Å²) in [7, 11) is 5.47. The van der Waals surface area contributed by atoms with Crippen LogP contribution in [0.1, 0.15) is 26.3 Å². The molecule has 0 atom stereocenters. The number of hydrogen-bond acceptors (Lipinski definition) is 3. The third-order valence-electron chi connectivity index (χ3n) is 3.12. The minimum atomic E-state index is 0.0860. The van der Waals surface area contributed by atoms with Crippen LogP contribution in [0.15, 0.2) is 22.7 Å². The number of nitrogens with one attached hydrogen (secondary N) is 1. The van der Waals surface area contributed by atoms with E-state index < -0.39 is 0 Å². The van der Waals surface area contributed by atoms with Gasteiger partial charge in [-0.2, -0.15) is 0 Å². The molecule has 0 aliphatic heterocycles. The van der Waals surface area contributed by atoms with Gasteiger partial charge in [0.2, 0.25) is 5.91 Å². The highest BCUT2D eigenvalue weighted by molar-refractivity contribution is 9.10. The lowest BCUT2D eigenvalue weighted by atomic mass is 10.1. The Kier molecular flexibility index (Phi) is 6.23. The van der Waals surface area contributed by atoms with E-state index >= 15 is 0 Å². The number of rotatable bonds is 5. The lowest BCUT2D eigenvalue weighted by Crippen LogP contribution is -2.35. The van der Waals surface area contributed by atoms with Crippen LogP contribution < -0.4 is 10.2 Å². The summed E-state index contributed by atoms with van der Waals surface area (Å²) >= 11 is 3.60. The van der Waals surface area contributed by atoms with Crippen molar-refractivity contribution in [3.63, 3.8) is 0 Å². The smallest absolute Gasteiger partial charge is 0.241 e. The van der Waals surface area contributed by atoms with Gasteiger partial charge in [-0.1, -0.05) is 6.07 Å². The topological polar surface area (TPSA) is 35.6 Å². The first kappa shape index (κ1) is 18.0. The van der Waals surface area contributed by atoms with Crippen molar-refractivity contribution >= 4 is 27.5 Å². The van der Waals surface area contributed by atoms with Crippen LogP contribution in [0.5, 0.6) is 0 Å². The molecule has 4 nitrogen and oxygen atoms in total. The minimum absolute atomic E-state index is 0.0860. The Hall–Kier alpha value is -1.07. The quantitative estimate of drug-likeness (QED) is 0.881. The molecular formula is C16H26BrN3O. The van der Waals surface area contributed by atoms with Gasteiger partial charge in [0.1, 0.15) is 0 Å². The second-order valence-electron chi connectivity index (χ2n) is 6.53. The molecule has 5 heteroatoms. The van der Waals surface area contributed by atoms with E-state index in [1.807, 2.05) is 18.0 Å². The van der Waals surface area contributed by atoms with Crippen molar-refractivity contribution in [2.45, 2.75) is 32.9 Å². The van der Waals surface area contributed by atoms with E-state index in [4.69, 9.17) is 0 Å². The Bertz CT molecular complexity index is 495. The first-order valence-electron chi connectivity index (χ1n) is 7.05. The SMILES string of the molecule is CN(C)C(=O)CN(C)c1ccc(CNC(C)(C)C)cc1Br. The molecule has 0 aliphatic carbocycles. The van der Waals surface area contributed by atoms with E-state index in [1.165, 1.54) is 5.56 Å². The Labute approximate surface area is 136 Å². The fourth-order valence-corrected chi connectivity index (χ4v) is 2.50. The number of anilines is 1. The van der Waals surface area contributed by atoms with Crippen molar-refractivity contribution in [3.8, 4) is 0 Å². The Balaban J connectivity index is 2.76. The van der Waals surface area contributed by atoms with Crippen LogP contribution in [0, 0.1) is 0 Å². The number of benzene rings is 1. The molecular weight excluding hydrogens is 330 g/mol. The third kappa shape index (κ3) is 6.06. The normalized spacial score (nSPS) is 11.4. The second-order valence-corrected chi connectivity index (χ2v) is 7.39. The van der Waals surface area contributed by atoms with Crippen LogP contribution in [-0.2, 0) is 11.3 Å². The van der Waals surface area contributed by atoms with E-state index in [0.717, 1.165) is 16.7 Å². The molecule has 0 saturated carbocycles. The summed E-state index contributed by atoms with van der Waals surface area (Å²) in [5, 5.41) is 3.47. The van der Waals surface area contributed by atoms with Gasteiger partial charge in [-0.3, -0.25) is 4.79 Å². The molecule has 1 aromatic carbocycles. The molecule has 1 rings (SSSR count). The van der Waals surface area contributed by atoms with Gasteiger partial charge in [-0.15, -0.1) is 0 Å². The molecule has 0 bridgehead atoms. The highest BCUT2D eigenvalue weighted by Gasteiger charge is 2.13. The van der Waals surface area contributed by atoms with Crippen LogP contribution in [0.3, 0.4) is 0 Å². The summed E-state index contributed by atoms with van der Waals surface area (Å²) in [6.45, 7) is 7.64. The summed E-state index contributed by atoms with van der Waals surface area (Å²) in [4.78, 5) is 15.3. The lowest BCUT2D eigenvalue weighted by molar-refractivity contribution is -0.127. The van der Waals surface area contributed by atoms with Gasteiger partial charge in [-0.05, 0) is 54.4 Å². The lowest BCUT2D eigenvalue weighted by Gasteiger charge is -2.23. The second kappa shape index (κ2) is 7.27. The molecule has 21 heavy (non-hydrogen) atoms. The molecule has 1 N–H and O–H groups in total. The summed E-state index contributed by atoms with van der Waals surface area (Å²) in [5.41, 5.74) is 2.33. The Morgan fingerprint density at radius 1 is 1.24 bits per heavy atom. The van der Waals surface area contributed by atoms with Crippen molar-refractivity contribution < 1.29 is 4.79 Å². The molecule has 0 heterocycles. The van der Waals surface area contributed by atoms with E-state index in [9.17, 15) is 4.79 Å². The molecule has 0 saturated heterocycles. The van der Waals surface area contributed by atoms with Crippen LogP contribution in [0.2, 0.25) is 0 Å². The first-order chi connectivity index (χ1) is 9.60. The van der Waals surface area contributed by atoms with E-state index in [1.54, 1.807) is 19.0 Å². The van der Waals surface area contributed by atoms with Crippen LogP contribution in [0.4, 0.5) is 5.69 Å². The predicted molar refractivity (Wildman–Crippen MR) is 92.7 cm³/mol. The molecule has 0 unspecified atom stereocenters. The Morgan fingerprint density at radius 2 is 1.86 bits per heavy atom. The van der Waals surface area contributed by atoms with Gasteiger partial charge in [-0.25, -0.2) is 0 Å². The number of hydrogen-bond donors (Lipinski definition) is 1. The molecule has 0 fully saturated rings. The Morgan fingerprint density at radius 3 is 2.33 bits per heavy atom. The van der Waals surface area contributed by atoms with Gasteiger partial charge >= 0.3 is 0 Å². The summed E-state index contributed by atoms with van der Waals surface area (Å²) in [5.74, 6) is 0.0860. The van der Waals surface area contributed by atoms with Crippen molar-refractivity contribution in [2.75, 3.05) is 32.6 Å². The van der Waals surface area contributed by atoms with Gasteiger partial charge in [0.25, 0.3) is 0 Å². The zero-order chi connectivity index (χ0) is 16.2. The number of amides is 1. The zero-order valence-electron chi connectivity index (χ0n) is 13.8. The van der Waals surface area contributed by atoms with Crippen molar-refractivity contribution in [1.82, 2.24) is 10.2 Å². The van der Waals surface area contributed by atoms with Crippen LogP contribution in [-0.4, -0.2) is 44.0 Å². The largest absolute Gasteiger partial charge is 0.364 e. The number of carbonyl (C=O) groups excluding carboxylic acids is 1. The molecule has 0 spiro atoms. The van der Waals surface area contributed by atoms with Crippen LogP contribution in [0.25, 0.3) is 0 Å². The maximum absolute atomic E-state index is 11.8. The number of likely N-dealkylation sites (N-methyl/N-ethyl adjacent to an activating group) is 2. The summed E-state index contributed by atoms with van der Waals surface area (Å²) in [6, 6.07) is 6.24. The number of nitrogens with zero attached hydrogens (tertiary/aromatic N) is 2. The number of carbonyl (C=O) groups is 1. The summed E-state index contributed by atoms with van der Waals surface area (Å²) in [6.07, 6.45) is 0. The fraction of sp³-hybridized carbons (Fsp3) is 0.562. The van der Waals surface area contributed by atoms with Crippen molar-refractivity contribution in [1.29, 1.82) is 0 Å². The van der Waals surface area contributed by atoms with Gasteiger partial charge in [0.15, 0.2) is 0 Å². The maximum Gasteiger partial charge on any atom is 0.241 e.